The Morgan fingerprint density at radius 1 is 1.35 bits per heavy atom. The van der Waals surface area contributed by atoms with Crippen molar-refractivity contribution in [3.8, 4) is 0 Å². The van der Waals surface area contributed by atoms with Crippen molar-refractivity contribution in [3.63, 3.8) is 0 Å². The first-order chi connectivity index (χ1) is 9.39. The number of likely N-dealkylation sites (N-methyl/N-ethyl adjacent to an activating group) is 1. The van der Waals surface area contributed by atoms with E-state index in [0.717, 1.165) is 17.6 Å². The zero-order valence-electron chi connectivity index (χ0n) is 11.3. The summed E-state index contributed by atoms with van der Waals surface area (Å²) >= 11 is 0. The molecule has 9 heteroatoms. The summed E-state index contributed by atoms with van der Waals surface area (Å²) in [6.45, 7) is 2.10. The fraction of sp³-hybridized carbons (Fsp3) is 0.636. The molecule has 0 bridgehead atoms. The van der Waals surface area contributed by atoms with Crippen LogP contribution in [0.3, 0.4) is 0 Å². The van der Waals surface area contributed by atoms with E-state index >= 15 is 0 Å². The summed E-state index contributed by atoms with van der Waals surface area (Å²) in [6, 6.07) is 0. The average Bonchev–Trinajstić information content (AvgIpc) is 2.70. The van der Waals surface area contributed by atoms with Crippen LogP contribution in [0, 0.1) is 0 Å². The lowest BCUT2D eigenvalue weighted by molar-refractivity contribution is -0.137. The van der Waals surface area contributed by atoms with E-state index in [1.807, 2.05) is 7.05 Å². The summed E-state index contributed by atoms with van der Waals surface area (Å²) < 4.78 is 27.4. The smallest absolute Gasteiger partial charge is 0.325 e. The van der Waals surface area contributed by atoms with Crippen LogP contribution in [0.2, 0.25) is 0 Å². The van der Waals surface area contributed by atoms with Crippen LogP contribution in [0.5, 0.6) is 0 Å². The molecule has 8 nitrogen and oxygen atoms in total. The lowest BCUT2D eigenvalue weighted by Gasteiger charge is -2.18. The minimum Gasteiger partial charge on any atom is -0.480 e. The number of sulfonamides is 1. The molecule has 1 aliphatic rings. The molecule has 1 aromatic rings. The second-order valence-corrected chi connectivity index (χ2v) is 6.77. The highest BCUT2D eigenvalue weighted by atomic mass is 32.2. The fourth-order valence-electron chi connectivity index (χ4n) is 2.12. The van der Waals surface area contributed by atoms with E-state index in [2.05, 4.69) is 10.00 Å². The SMILES string of the molecule is CN1CCCN(S(=O)(=O)c2cnn(CC(=O)O)c2)CC1. The predicted molar refractivity (Wildman–Crippen MR) is 70.7 cm³/mol. The van der Waals surface area contributed by atoms with Gasteiger partial charge >= 0.3 is 5.97 Å². The molecule has 2 rings (SSSR count). The maximum atomic E-state index is 12.5. The Balaban J connectivity index is 2.16. The van der Waals surface area contributed by atoms with Crippen molar-refractivity contribution in [2.24, 2.45) is 0 Å². The molecule has 0 amide bonds. The highest BCUT2D eigenvalue weighted by Crippen LogP contribution is 2.16. The molecule has 1 saturated heterocycles. The van der Waals surface area contributed by atoms with Gasteiger partial charge in [-0.25, -0.2) is 8.42 Å². The molecule has 0 saturated carbocycles. The quantitative estimate of drug-likeness (QED) is 0.789. The molecule has 112 valence electrons. The average molecular weight is 302 g/mol. The summed E-state index contributed by atoms with van der Waals surface area (Å²) in [5.74, 6) is -1.06. The van der Waals surface area contributed by atoms with Gasteiger partial charge in [-0.2, -0.15) is 9.40 Å². The summed E-state index contributed by atoms with van der Waals surface area (Å²) in [5.41, 5.74) is 0. The number of rotatable bonds is 4. The van der Waals surface area contributed by atoms with Crippen LogP contribution in [0.25, 0.3) is 0 Å². The van der Waals surface area contributed by atoms with Crippen molar-refractivity contribution in [3.05, 3.63) is 12.4 Å². The number of nitrogens with zero attached hydrogens (tertiary/aromatic N) is 4. The maximum Gasteiger partial charge on any atom is 0.325 e. The molecule has 0 spiro atoms. The third-order valence-corrected chi connectivity index (χ3v) is 5.07. The lowest BCUT2D eigenvalue weighted by Crippen LogP contribution is -2.34. The molecule has 1 aliphatic heterocycles. The van der Waals surface area contributed by atoms with Crippen LogP contribution in [-0.4, -0.2) is 71.7 Å². The van der Waals surface area contributed by atoms with Gasteiger partial charge in [0.1, 0.15) is 11.4 Å². The molecule has 1 fully saturated rings. The summed E-state index contributed by atoms with van der Waals surface area (Å²) in [7, 11) is -1.63. The number of aliphatic carboxylic acids is 1. The molecular formula is C11H18N4O4S. The van der Waals surface area contributed by atoms with Gasteiger partial charge in [0.15, 0.2) is 0 Å². The molecule has 0 atom stereocenters. The molecule has 2 heterocycles. The number of hydrogen-bond donors (Lipinski definition) is 1. The Labute approximate surface area is 117 Å². The van der Waals surface area contributed by atoms with Crippen molar-refractivity contribution in [1.82, 2.24) is 19.0 Å². The van der Waals surface area contributed by atoms with Crippen LogP contribution in [0.15, 0.2) is 17.3 Å². The van der Waals surface area contributed by atoms with Gasteiger partial charge in [0.05, 0.1) is 6.20 Å². The van der Waals surface area contributed by atoms with E-state index in [-0.39, 0.29) is 11.4 Å². The van der Waals surface area contributed by atoms with Gasteiger partial charge in [-0.05, 0) is 20.0 Å². The van der Waals surface area contributed by atoms with Crippen molar-refractivity contribution >= 4 is 16.0 Å². The number of carboxylic acids is 1. The van der Waals surface area contributed by atoms with E-state index in [1.165, 1.54) is 16.7 Å². The number of hydrogen-bond acceptors (Lipinski definition) is 5. The highest BCUT2D eigenvalue weighted by Gasteiger charge is 2.27. The minimum absolute atomic E-state index is 0.0447. The zero-order chi connectivity index (χ0) is 14.8. The molecule has 20 heavy (non-hydrogen) atoms. The van der Waals surface area contributed by atoms with Gasteiger partial charge in [0, 0.05) is 25.8 Å². The second kappa shape index (κ2) is 5.90. The minimum atomic E-state index is -3.59. The first-order valence-electron chi connectivity index (χ1n) is 6.32. The number of aromatic nitrogens is 2. The Morgan fingerprint density at radius 2 is 2.10 bits per heavy atom. The van der Waals surface area contributed by atoms with Gasteiger partial charge < -0.3 is 10.0 Å². The van der Waals surface area contributed by atoms with Crippen LogP contribution in [0.1, 0.15) is 6.42 Å². The Bertz CT molecular complexity index is 583. The van der Waals surface area contributed by atoms with Gasteiger partial charge in [-0.3, -0.25) is 9.48 Å². The van der Waals surface area contributed by atoms with Crippen molar-refractivity contribution in [2.45, 2.75) is 17.9 Å². The van der Waals surface area contributed by atoms with E-state index < -0.39 is 16.0 Å². The first kappa shape index (κ1) is 14.9. The first-order valence-corrected chi connectivity index (χ1v) is 7.76. The normalized spacial score (nSPS) is 18.9. The summed E-state index contributed by atoms with van der Waals surface area (Å²) in [4.78, 5) is 12.7. The summed E-state index contributed by atoms with van der Waals surface area (Å²) in [6.07, 6.45) is 3.24. The maximum absolute atomic E-state index is 12.5. The van der Waals surface area contributed by atoms with Gasteiger partial charge in [-0.15, -0.1) is 0 Å². The molecule has 1 N–H and O–H groups in total. The Morgan fingerprint density at radius 3 is 2.80 bits per heavy atom. The number of carbonyl (C=O) groups is 1. The standard InChI is InChI=1S/C11H18N4O4S/c1-13-3-2-4-15(6-5-13)20(18,19)10-7-12-14(8-10)9-11(16)17/h7-8H,2-6,9H2,1H3,(H,16,17). The third kappa shape index (κ3) is 3.35. The predicted octanol–water partition coefficient (Wildman–Crippen LogP) is -0.706. The van der Waals surface area contributed by atoms with Crippen molar-refractivity contribution in [1.29, 1.82) is 0 Å². The molecule has 0 radical (unpaired) electrons. The number of carboxylic acid groups (broad SMARTS) is 1. The topological polar surface area (TPSA) is 95.7 Å². The molecule has 0 aromatic carbocycles. The van der Waals surface area contributed by atoms with Crippen LogP contribution in [0.4, 0.5) is 0 Å². The Kier molecular flexibility index (Phi) is 4.41. The largest absolute Gasteiger partial charge is 0.480 e. The van der Waals surface area contributed by atoms with Crippen LogP contribution >= 0.6 is 0 Å². The molecular weight excluding hydrogens is 284 g/mol. The third-order valence-electron chi connectivity index (χ3n) is 3.22. The molecule has 0 unspecified atom stereocenters. The van der Waals surface area contributed by atoms with Gasteiger partial charge in [0.25, 0.3) is 0 Å². The zero-order valence-corrected chi connectivity index (χ0v) is 12.1. The van der Waals surface area contributed by atoms with E-state index in [1.54, 1.807) is 0 Å². The highest BCUT2D eigenvalue weighted by molar-refractivity contribution is 7.89. The molecule has 0 aliphatic carbocycles. The van der Waals surface area contributed by atoms with E-state index in [0.29, 0.717) is 19.6 Å². The van der Waals surface area contributed by atoms with Crippen LogP contribution in [-0.2, 0) is 21.4 Å². The second-order valence-electron chi connectivity index (χ2n) is 4.83. The fourth-order valence-corrected chi connectivity index (χ4v) is 3.54. The molecule has 1 aromatic heterocycles. The summed E-state index contributed by atoms with van der Waals surface area (Å²) in [5, 5.41) is 12.4. The monoisotopic (exact) mass is 302 g/mol. The lowest BCUT2D eigenvalue weighted by atomic mass is 10.4. The van der Waals surface area contributed by atoms with E-state index in [4.69, 9.17) is 5.11 Å². The van der Waals surface area contributed by atoms with Crippen LogP contribution < -0.4 is 0 Å². The van der Waals surface area contributed by atoms with Gasteiger partial charge in [0.2, 0.25) is 10.0 Å². The van der Waals surface area contributed by atoms with E-state index in [9.17, 15) is 13.2 Å². The Hall–Kier alpha value is -1.45. The van der Waals surface area contributed by atoms with Crippen molar-refractivity contribution < 1.29 is 18.3 Å². The van der Waals surface area contributed by atoms with Gasteiger partial charge in [-0.1, -0.05) is 0 Å². The van der Waals surface area contributed by atoms with Crippen molar-refractivity contribution in [2.75, 3.05) is 33.2 Å².